The number of benzene rings is 1. The van der Waals surface area contributed by atoms with Crippen molar-refractivity contribution in [1.29, 1.82) is 0 Å². The number of carbonyl (C=O) groups excluding carboxylic acids is 1. The van der Waals surface area contributed by atoms with Crippen LogP contribution in [0.3, 0.4) is 0 Å². The monoisotopic (exact) mass is 334 g/mol. The summed E-state index contributed by atoms with van der Waals surface area (Å²) in [5, 5.41) is 9.30. The molecule has 6 heteroatoms. The van der Waals surface area contributed by atoms with Crippen molar-refractivity contribution < 1.29 is 4.79 Å². The van der Waals surface area contributed by atoms with E-state index in [2.05, 4.69) is 15.4 Å². The van der Waals surface area contributed by atoms with Crippen molar-refractivity contribution >= 4 is 22.9 Å². The number of hydrogen-bond acceptors (Lipinski definition) is 4. The Balaban J connectivity index is 1.69. The zero-order valence-electron chi connectivity index (χ0n) is 12.7. The van der Waals surface area contributed by atoms with Crippen LogP contribution in [0.2, 0.25) is 0 Å². The van der Waals surface area contributed by atoms with Crippen LogP contribution < -0.4 is 5.32 Å². The van der Waals surface area contributed by atoms with Gasteiger partial charge in [-0.3, -0.25) is 4.79 Å². The van der Waals surface area contributed by atoms with Crippen molar-refractivity contribution in [2.24, 2.45) is 0 Å². The van der Waals surface area contributed by atoms with Gasteiger partial charge in [-0.05, 0) is 23.1 Å². The molecule has 0 saturated heterocycles. The molecule has 1 atom stereocenters. The number of aromatic nitrogens is 3. The average molecular weight is 334 g/mol. The van der Waals surface area contributed by atoms with E-state index in [0.717, 1.165) is 10.4 Å². The zero-order valence-corrected chi connectivity index (χ0v) is 13.5. The van der Waals surface area contributed by atoms with Crippen LogP contribution in [-0.4, -0.2) is 20.5 Å². The molecule has 0 saturated carbocycles. The molecule has 1 aromatic carbocycles. The van der Waals surface area contributed by atoms with Crippen LogP contribution in [0.5, 0.6) is 0 Å². The third kappa shape index (κ3) is 2.68. The van der Waals surface area contributed by atoms with Gasteiger partial charge in [-0.15, -0.1) is 11.3 Å². The second-order valence-electron chi connectivity index (χ2n) is 5.28. The van der Waals surface area contributed by atoms with Crippen molar-refractivity contribution in [1.82, 2.24) is 19.9 Å². The minimum Gasteiger partial charge on any atom is -0.340 e. The highest BCUT2D eigenvalue weighted by atomic mass is 32.1. The first-order valence-corrected chi connectivity index (χ1v) is 8.38. The van der Waals surface area contributed by atoms with Gasteiger partial charge in [0.25, 0.3) is 5.91 Å². The number of hydrogen-bond donors (Lipinski definition) is 1. The van der Waals surface area contributed by atoms with Gasteiger partial charge in [0, 0.05) is 17.3 Å². The second-order valence-corrected chi connectivity index (χ2v) is 6.26. The minimum absolute atomic E-state index is 0.189. The summed E-state index contributed by atoms with van der Waals surface area (Å²) in [5.74, 6) is -0.189. The molecule has 1 amide bonds. The van der Waals surface area contributed by atoms with Crippen LogP contribution in [0, 0.1) is 0 Å². The van der Waals surface area contributed by atoms with Gasteiger partial charge in [0.15, 0.2) is 5.65 Å². The molecule has 24 heavy (non-hydrogen) atoms. The van der Waals surface area contributed by atoms with Crippen molar-refractivity contribution in [3.05, 3.63) is 88.5 Å². The number of carbonyl (C=O) groups is 1. The molecular formula is C18H14N4OS. The lowest BCUT2D eigenvalue weighted by Crippen LogP contribution is -2.28. The lowest BCUT2D eigenvalue weighted by Gasteiger charge is -2.17. The van der Waals surface area contributed by atoms with E-state index in [1.807, 2.05) is 47.8 Å². The molecule has 0 aliphatic rings. The molecule has 0 aliphatic heterocycles. The third-order valence-electron chi connectivity index (χ3n) is 3.76. The summed E-state index contributed by atoms with van der Waals surface area (Å²) >= 11 is 1.62. The Morgan fingerprint density at radius 3 is 2.79 bits per heavy atom. The van der Waals surface area contributed by atoms with Crippen molar-refractivity contribution in [2.45, 2.75) is 6.04 Å². The molecule has 3 aromatic heterocycles. The van der Waals surface area contributed by atoms with Crippen LogP contribution in [-0.2, 0) is 0 Å². The number of rotatable bonds is 4. The van der Waals surface area contributed by atoms with Gasteiger partial charge in [-0.1, -0.05) is 36.4 Å². The first kappa shape index (κ1) is 14.6. The summed E-state index contributed by atoms with van der Waals surface area (Å²) in [7, 11) is 0. The number of amides is 1. The maximum atomic E-state index is 12.8. The molecule has 118 valence electrons. The topological polar surface area (TPSA) is 59.3 Å². The minimum atomic E-state index is -0.197. The lowest BCUT2D eigenvalue weighted by atomic mass is 10.1. The predicted molar refractivity (Wildman–Crippen MR) is 93.1 cm³/mol. The van der Waals surface area contributed by atoms with E-state index in [-0.39, 0.29) is 11.9 Å². The van der Waals surface area contributed by atoms with Crippen LogP contribution in [0.25, 0.3) is 5.65 Å². The Hall–Kier alpha value is -2.99. The van der Waals surface area contributed by atoms with Crippen LogP contribution in [0.4, 0.5) is 0 Å². The Kier molecular flexibility index (Phi) is 3.80. The molecular weight excluding hydrogens is 320 g/mol. The van der Waals surface area contributed by atoms with Gasteiger partial charge in [0.2, 0.25) is 0 Å². The summed E-state index contributed by atoms with van der Waals surface area (Å²) < 4.78 is 1.59. The zero-order chi connectivity index (χ0) is 16.4. The Labute approximate surface area is 142 Å². The summed E-state index contributed by atoms with van der Waals surface area (Å²) in [6.45, 7) is 0. The molecule has 0 aliphatic carbocycles. The molecule has 4 aromatic rings. The maximum absolute atomic E-state index is 12.8. The maximum Gasteiger partial charge on any atom is 0.257 e. The van der Waals surface area contributed by atoms with E-state index < -0.39 is 0 Å². The predicted octanol–water partition coefficient (Wildman–Crippen LogP) is 3.31. The molecule has 0 bridgehead atoms. The quantitative estimate of drug-likeness (QED) is 0.623. The molecule has 1 N–H and O–H groups in total. The highest BCUT2D eigenvalue weighted by Gasteiger charge is 2.21. The molecule has 3 heterocycles. The van der Waals surface area contributed by atoms with E-state index in [9.17, 15) is 4.79 Å². The summed E-state index contributed by atoms with van der Waals surface area (Å²) in [6, 6.07) is 15.5. The van der Waals surface area contributed by atoms with Crippen molar-refractivity contribution in [3.63, 3.8) is 0 Å². The highest BCUT2D eigenvalue weighted by molar-refractivity contribution is 7.10. The van der Waals surface area contributed by atoms with E-state index in [0.29, 0.717) is 11.2 Å². The molecule has 4 rings (SSSR count). The van der Waals surface area contributed by atoms with Crippen LogP contribution in [0.15, 0.2) is 72.5 Å². The van der Waals surface area contributed by atoms with Crippen LogP contribution in [0.1, 0.15) is 26.8 Å². The molecule has 0 spiro atoms. The SMILES string of the molecule is O=C(N[C@@H](c1ccccc1)c1cccs1)c1cnn2cccnc12. The van der Waals surface area contributed by atoms with Crippen LogP contribution >= 0.6 is 11.3 Å². The Morgan fingerprint density at radius 2 is 2.00 bits per heavy atom. The summed E-state index contributed by atoms with van der Waals surface area (Å²) in [5.41, 5.74) is 2.05. The van der Waals surface area contributed by atoms with Gasteiger partial charge in [-0.25, -0.2) is 9.50 Å². The molecule has 5 nitrogen and oxygen atoms in total. The number of thiophene rings is 1. The summed E-state index contributed by atoms with van der Waals surface area (Å²) in [6.07, 6.45) is 4.98. The Bertz CT molecular complexity index is 963. The van der Waals surface area contributed by atoms with Crippen molar-refractivity contribution in [2.75, 3.05) is 0 Å². The van der Waals surface area contributed by atoms with Gasteiger partial charge < -0.3 is 5.32 Å². The lowest BCUT2D eigenvalue weighted by molar-refractivity contribution is 0.0945. The third-order valence-corrected chi connectivity index (χ3v) is 4.70. The fourth-order valence-electron chi connectivity index (χ4n) is 2.62. The van der Waals surface area contributed by atoms with Crippen molar-refractivity contribution in [3.8, 4) is 0 Å². The number of nitrogens with zero attached hydrogens (tertiary/aromatic N) is 3. The molecule has 0 unspecified atom stereocenters. The number of nitrogens with one attached hydrogen (secondary N) is 1. The van der Waals surface area contributed by atoms with E-state index in [1.165, 1.54) is 0 Å². The summed E-state index contributed by atoms with van der Waals surface area (Å²) in [4.78, 5) is 18.1. The fraction of sp³-hybridized carbons (Fsp3) is 0.0556. The highest BCUT2D eigenvalue weighted by Crippen LogP contribution is 2.26. The normalized spacial score (nSPS) is 12.2. The molecule has 0 radical (unpaired) electrons. The molecule has 0 fully saturated rings. The van der Waals surface area contributed by atoms with Gasteiger partial charge in [0.05, 0.1) is 12.2 Å². The van der Waals surface area contributed by atoms with Gasteiger partial charge >= 0.3 is 0 Å². The van der Waals surface area contributed by atoms with E-state index in [4.69, 9.17) is 0 Å². The largest absolute Gasteiger partial charge is 0.340 e. The first-order chi connectivity index (χ1) is 11.8. The smallest absolute Gasteiger partial charge is 0.257 e. The fourth-order valence-corrected chi connectivity index (χ4v) is 3.42. The second kappa shape index (κ2) is 6.25. The standard InChI is InChI=1S/C18H14N4OS/c23-18(14-12-20-22-10-5-9-19-17(14)22)21-16(15-8-4-11-24-15)13-6-2-1-3-7-13/h1-12,16H,(H,21,23)/t16-/m0/s1. The first-order valence-electron chi connectivity index (χ1n) is 7.50. The van der Waals surface area contributed by atoms with Gasteiger partial charge in [-0.2, -0.15) is 5.10 Å². The van der Waals surface area contributed by atoms with E-state index >= 15 is 0 Å². The number of fused-ring (bicyclic) bond motifs is 1. The average Bonchev–Trinajstić information content (AvgIpc) is 3.30. The van der Waals surface area contributed by atoms with Gasteiger partial charge in [0.1, 0.15) is 5.56 Å². The van der Waals surface area contributed by atoms with E-state index in [1.54, 1.807) is 40.5 Å². The Morgan fingerprint density at radius 1 is 1.12 bits per heavy atom.